The van der Waals surface area contributed by atoms with Gasteiger partial charge in [-0.2, -0.15) is 10.2 Å². The van der Waals surface area contributed by atoms with Crippen molar-refractivity contribution in [3.05, 3.63) is 46.5 Å². The summed E-state index contributed by atoms with van der Waals surface area (Å²) in [5.41, 5.74) is 6.62. The van der Waals surface area contributed by atoms with E-state index in [0.717, 1.165) is 12.8 Å². The first-order valence-corrected chi connectivity index (χ1v) is 10.5. The minimum atomic E-state index is -0.491. The fourth-order valence-electron chi connectivity index (χ4n) is 3.47. The lowest BCUT2D eigenvalue weighted by Gasteiger charge is -2.23. The molecular weight excluding hydrogens is 432 g/mol. The van der Waals surface area contributed by atoms with Crippen molar-refractivity contribution >= 4 is 40.2 Å². The van der Waals surface area contributed by atoms with Gasteiger partial charge in [0.15, 0.2) is 5.82 Å². The molecule has 1 fully saturated rings. The third-order valence-electron chi connectivity index (χ3n) is 5.13. The summed E-state index contributed by atoms with van der Waals surface area (Å²) in [4.78, 5) is 30.2. The number of hydrogen-bond acceptors (Lipinski definition) is 9. The van der Waals surface area contributed by atoms with Gasteiger partial charge in [0.1, 0.15) is 23.1 Å². The predicted octanol–water partition coefficient (Wildman–Crippen LogP) is 2.61. The quantitative estimate of drug-likeness (QED) is 0.530. The molecular formula is C21H21ClN8O2. The number of halogens is 1. The van der Waals surface area contributed by atoms with Gasteiger partial charge in [0.25, 0.3) is 5.91 Å². The minimum Gasteiger partial charge on any atom is -0.381 e. The molecule has 1 aliphatic rings. The number of rotatable bonds is 5. The lowest BCUT2D eigenvalue weighted by Crippen LogP contribution is -2.39. The second-order valence-electron chi connectivity index (χ2n) is 7.39. The highest BCUT2D eigenvalue weighted by atomic mass is 35.5. The zero-order chi connectivity index (χ0) is 22.7. The van der Waals surface area contributed by atoms with Crippen LogP contribution in [-0.2, 0) is 4.74 Å². The van der Waals surface area contributed by atoms with E-state index in [-0.39, 0.29) is 35.0 Å². The Hall–Kier alpha value is -3.55. The monoisotopic (exact) mass is 452 g/mol. The van der Waals surface area contributed by atoms with Gasteiger partial charge in [0.05, 0.1) is 28.2 Å². The molecule has 164 valence electrons. The summed E-state index contributed by atoms with van der Waals surface area (Å²) in [6.07, 6.45) is 2.81. The molecule has 0 radical (unpaired) electrons. The summed E-state index contributed by atoms with van der Waals surface area (Å²) < 4.78 is 5.36. The van der Waals surface area contributed by atoms with E-state index in [2.05, 4.69) is 30.6 Å². The van der Waals surface area contributed by atoms with Gasteiger partial charge in [-0.3, -0.25) is 4.79 Å². The van der Waals surface area contributed by atoms with E-state index >= 15 is 0 Å². The van der Waals surface area contributed by atoms with Crippen LogP contribution in [0.2, 0.25) is 5.02 Å². The maximum absolute atomic E-state index is 13.2. The molecule has 2 aromatic heterocycles. The van der Waals surface area contributed by atoms with Gasteiger partial charge in [-0.05, 0) is 31.9 Å². The first kappa shape index (κ1) is 21.7. The van der Waals surface area contributed by atoms with Crippen molar-refractivity contribution in [2.45, 2.75) is 31.8 Å². The standard InChI is InChI=1S/C21H21ClN8O2/c1-11(26-19-12(9-23)10-25-21(24)30-19)18-28-15-4-2-3-14(22)16(15)17(29-18)20(31)27-13-5-7-32-8-6-13/h2-4,10-11,13H,5-8H2,1H3,(H,27,31)(H3,24,25,26,30)/t11-/m0/s1. The first-order valence-electron chi connectivity index (χ1n) is 10.1. The highest BCUT2D eigenvalue weighted by molar-refractivity contribution is 6.36. The number of ether oxygens (including phenoxy) is 1. The van der Waals surface area contributed by atoms with E-state index in [0.29, 0.717) is 35.0 Å². The van der Waals surface area contributed by atoms with Gasteiger partial charge < -0.3 is 21.1 Å². The Bertz CT molecular complexity index is 1210. The number of nitrogens with zero attached hydrogens (tertiary/aromatic N) is 5. The van der Waals surface area contributed by atoms with Crippen molar-refractivity contribution < 1.29 is 9.53 Å². The van der Waals surface area contributed by atoms with Gasteiger partial charge in [-0.1, -0.05) is 17.7 Å². The number of anilines is 2. The van der Waals surface area contributed by atoms with Crippen molar-refractivity contribution in [3.8, 4) is 6.07 Å². The topological polar surface area (TPSA) is 152 Å². The van der Waals surface area contributed by atoms with Crippen molar-refractivity contribution in [1.29, 1.82) is 5.26 Å². The Balaban J connectivity index is 1.70. The van der Waals surface area contributed by atoms with Gasteiger partial charge in [-0.15, -0.1) is 0 Å². The van der Waals surface area contributed by atoms with Crippen LogP contribution in [0.5, 0.6) is 0 Å². The summed E-state index contributed by atoms with van der Waals surface area (Å²) in [5.74, 6) is 0.310. The number of carbonyl (C=O) groups excluding carboxylic acids is 1. The largest absolute Gasteiger partial charge is 0.381 e. The molecule has 32 heavy (non-hydrogen) atoms. The van der Waals surface area contributed by atoms with Crippen LogP contribution in [0.15, 0.2) is 24.4 Å². The maximum Gasteiger partial charge on any atom is 0.270 e. The molecule has 3 aromatic rings. The van der Waals surface area contributed by atoms with Crippen molar-refractivity contribution in [1.82, 2.24) is 25.3 Å². The first-order chi connectivity index (χ1) is 15.5. The zero-order valence-corrected chi connectivity index (χ0v) is 18.1. The third kappa shape index (κ3) is 4.54. The van der Waals surface area contributed by atoms with Crippen LogP contribution < -0.4 is 16.4 Å². The van der Waals surface area contributed by atoms with Crippen LogP contribution in [-0.4, -0.2) is 45.1 Å². The summed E-state index contributed by atoms with van der Waals surface area (Å²) in [6.45, 7) is 3.00. The van der Waals surface area contributed by atoms with E-state index in [1.54, 1.807) is 25.1 Å². The molecule has 1 aromatic carbocycles. The molecule has 11 heteroatoms. The number of nitriles is 1. The van der Waals surface area contributed by atoms with Gasteiger partial charge >= 0.3 is 0 Å². The molecule has 1 saturated heterocycles. The number of aromatic nitrogens is 4. The van der Waals surface area contributed by atoms with Crippen LogP contribution >= 0.6 is 11.6 Å². The van der Waals surface area contributed by atoms with Crippen LogP contribution in [0.4, 0.5) is 11.8 Å². The summed E-state index contributed by atoms with van der Waals surface area (Å²) in [5, 5.41) is 16.3. The highest BCUT2D eigenvalue weighted by Gasteiger charge is 2.23. The molecule has 10 nitrogen and oxygen atoms in total. The number of nitrogens with one attached hydrogen (secondary N) is 2. The molecule has 3 heterocycles. The molecule has 0 saturated carbocycles. The third-order valence-corrected chi connectivity index (χ3v) is 5.44. The number of amides is 1. The van der Waals surface area contributed by atoms with Crippen LogP contribution in [0.25, 0.3) is 10.9 Å². The van der Waals surface area contributed by atoms with Crippen LogP contribution in [0.3, 0.4) is 0 Å². The number of hydrogen-bond donors (Lipinski definition) is 3. The molecule has 1 aliphatic heterocycles. The predicted molar refractivity (Wildman–Crippen MR) is 119 cm³/mol. The highest BCUT2D eigenvalue weighted by Crippen LogP contribution is 2.27. The Kier molecular flexibility index (Phi) is 6.30. The van der Waals surface area contributed by atoms with Gasteiger partial charge in [0.2, 0.25) is 5.95 Å². The molecule has 1 amide bonds. The second-order valence-corrected chi connectivity index (χ2v) is 7.80. The number of nitrogens with two attached hydrogens (primary N) is 1. The number of nitrogen functional groups attached to an aromatic ring is 1. The second kappa shape index (κ2) is 9.30. The zero-order valence-electron chi connectivity index (χ0n) is 17.3. The number of fused-ring (bicyclic) bond motifs is 1. The molecule has 0 aliphatic carbocycles. The van der Waals surface area contributed by atoms with Crippen molar-refractivity contribution in [2.75, 3.05) is 24.3 Å². The number of carbonyl (C=O) groups is 1. The van der Waals surface area contributed by atoms with Crippen LogP contribution in [0.1, 0.15) is 47.7 Å². The Morgan fingerprint density at radius 2 is 2.09 bits per heavy atom. The Labute approximate surface area is 189 Å². The molecule has 1 atom stereocenters. The average Bonchev–Trinajstić information content (AvgIpc) is 2.79. The van der Waals surface area contributed by atoms with Gasteiger partial charge in [-0.25, -0.2) is 15.0 Å². The molecule has 4 rings (SSSR count). The summed E-state index contributed by atoms with van der Waals surface area (Å²) in [6, 6.07) is 6.76. The minimum absolute atomic E-state index is 0.00457. The summed E-state index contributed by atoms with van der Waals surface area (Å²) >= 11 is 6.41. The fraction of sp³-hybridized carbons (Fsp3) is 0.333. The van der Waals surface area contributed by atoms with E-state index in [1.165, 1.54) is 6.20 Å². The van der Waals surface area contributed by atoms with Crippen molar-refractivity contribution in [2.24, 2.45) is 0 Å². The van der Waals surface area contributed by atoms with Crippen molar-refractivity contribution in [3.63, 3.8) is 0 Å². The Morgan fingerprint density at radius 3 is 2.84 bits per heavy atom. The lowest BCUT2D eigenvalue weighted by atomic mass is 10.1. The van der Waals surface area contributed by atoms with E-state index in [1.807, 2.05) is 6.07 Å². The van der Waals surface area contributed by atoms with E-state index in [9.17, 15) is 10.1 Å². The van der Waals surface area contributed by atoms with Crippen LogP contribution in [0, 0.1) is 11.3 Å². The smallest absolute Gasteiger partial charge is 0.270 e. The molecule has 0 unspecified atom stereocenters. The molecule has 4 N–H and O–H groups in total. The lowest BCUT2D eigenvalue weighted by molar-refractivity contribution is 0.0695. The molecule has 0 bridgehead atoms. The SMILES string of the molecule is C[C@H](Nc1nc(N)ncc1C#N)c1nc(C(=O)NC2CCOCC2)c2c(Cl)cccc2n1. The maximum atomic E-state index is 13.2. The molecule has 0 spiro atoms. The normalized spacial score (nSPS) is 15.2. The van der Waals surface area contributed by atoms with E-state index in [4.69, 9.17) is 22.1 Å². The van der Waals surface area contributed by atoms with E-state index < -0.39 is 6.04 Å². The number of benzene rings is 1. The van der Waals surface area contributed by atoms with Gasteiger partial charge in [0, 0.05) is 19.3 Å². The summed E-state index contributed by atoms with van der Waals surface area (Å²) in [7, 11) is 0. The fourth-order valence-corrected chi connectivity index (χ4v) is 3.73. The Morgan fingerprint density at radius 1 is 1.31 bits per heavy atom. The average molecular weight is 453 g/mol.